The number of H-pyrrole nitrogens is 2. The van der Waals surface area contributed by atoms with E-state index in [2.05, 4.69) is 79.4 Å². The van der Waals surface area contributed by atoms with E-state index in [1.54, 1.807) is 48.4 Å². The predicted molar refractivity (Wildman–Crippen MR) is 280 cm³/mol. The van der Waals surface area contributed by atoms with Gasteiger partial charge in [0.2, 0.25) is 0 Å². The summed E-state index contributed by atoms with van der Waals surface area (Å²) in [6, 6.07) is 35.3. The quantitative estimate of drug-likeness (QED) is 0.0452. The predicted octanol–water partition coefficient (Wildman–Crippen LogP) is 9.65. The molecule has 8 aromatic rings. The van der Waals surface area contributed by atoms with Gasteiger partial charge in [-0.1, -0.05) is 81.8 Å². The van der Waals surface area contributed by atoms with Gasteiger partial charge in [0.15, 0.2) is 0 Å². The summed E-state index contributed by atoms with van der Waals surface area (Å²) in [6.45, 7) is 14.2. The molecule has 0 radical (unpaired) electrons. The minimum atomic E-state index is -0.272. The fourth-order valence-electron chi connectivity index (χ4n) is 7.20. The highest BCUT2D eigenvalue weighted by molar-refractivity contribution is 7.20. The topological polar surface area (TPSA) is 187 Å². The van der Waals surface area contributed by atoms with Gasteiger partial charge in [-0.25, -0.2) is 0 Å². The Morgan fingerprint density at radius 3 is 1.32 bits per heavy atom. The standard InChI is InChI=1S/C25H27ClN6O2S.C25H28N6O2S/c1-4-32(5-2)15-16-6-8-17(9-7-16)23(33)27-22-20-14-21(35-25(20)29-28-22)24(34)30-31(3)19-12-10-18(26)11-13-19;1-4-31(5-2)16-17-11-13-18(14-12-17)23(32)26-22-20-15-21(34-25(20)28-27-22)24(33)29-30(3)19-9-7-6-8-10-19/h6-14H,4-5,15H2,1-3H3,(H,30,34)(H2,27,28,29,33);6-15H,4-5,16H2,1-3H3,(H,29,33)(H2,26,27,28,32). The maximum atomic E-state index is 12.8. The zero-order chi connectivity index (χ0) is 49.0. The van der Waals surface area contributed by atoms with Crippen LogP contribution in [0.15, 0.2) is 115 Å². The smallest absolute Gasteiger partial charge is 0.279 e. The molecule has 0 saturated heterocycles. The number of para-hydroxylation sites is 1. The number of halogens is 1. The monoisotopic (exact) mass is 986 g/mol. The number of anilines is 4. The number of carbonyl (C=O) groups excluding carboxylic acids is 4. The van der Waals surface area contributed by atoms with Crippen molar-refractivity contribution in [2.45, 2.75) is 40.8 Å². The SMILES string of the molecule is CCN(CC)Cc1ccc(C(=O)Nc2[nH]nc3sc(C(=O)NN(C)c4ccc(Cl)cc4)cc23)cc1.CCN(CC)Cc1ccc(C(=O)Nc2[nH]nc3sc(C(=O)NN(C)c4ccccc4)cc23)cc1. The van der Waals surface area contributed by atoms with Crippen molar-refractivity contribution in [3.05, 3.63) is 152 Å². The number of amides is 4. The first-order valence-corrected chi connectivity index (χ1v) is 24.5. The van der Waals surface area contributed by atoms with Gasteiger partial charge in [-0.3, -0.25) is 60.0 Å². The Morgan fingerprint density at radius 1 is 0.536 bits per heavy atom. The summed E-state index contributed by atoms with van der Waals surface area (Å²) in [5.41, 5.74) is 10.8. The fourth-order valence-corrected chi connectivity index (χ4v) is 9.10. The number of rotatable bonds is 18. The Kier molecular flexibility index (Phi) is 16.8. The van der Waals surface area contributed by atoms with Crippen molar-refractivity contribution in [2.24, 2.45) is 0 Å². The van der Waals surface area contributed by atoms with E-state index in [0.717, 1.165) is 61.8 Å². The van der Waals surface area contributed by atoms with Crippen LogP contribution in [0.5, 0.6) is 0 Å². The number of benzene rings is 4. The van der Waals surface area contributed by atoms with Crippen LogP contribution >= 0.6 is 34.3 Å². The summed E-state index contributed by atoms with van der Waals surface area (Å²) in [7, 11) is 3.53. The molecule has 4 aromatic carbocycles. The number of carbonyl (C=O) groups is 4. The highest BCUT2D eigenvalue weighted by Gasteiger charge is 2.20. The third kappa shape index (κ3) is 12.7. The van der Waals surface area contributed by atoms with Gasteiger partial charge in [-0.05, 0) is 110 Å². The summed E-state index contributed by atoms with van der Waals surface area (Å²) >= 11 is 8.43. The molecule has 16 nitrogen and oxygen atoms in total. The van der Waals surface area contributed by atoms with E-state index in [9.17, 15) is 19.2 Å². The molecular formula is C50H55ClN12O4S2. The maximum absolute atomic E-state index is 12.8. The zero-order valence-corrected chi connectivity index (χ0v) is 41.6. The Morgan fingerprint density at radius 2 is 0.928 bits per heavy atom. The Labute approximate surface area is 413 Å². The average Bonchev–Trinajstić information content (AvgIpc) is 4.17. The summed E-state index contributed by atoms with van der Waals surface area (Å²) in [4.78, 5) is 58.0. The lowest BCUT2D eigenvalue weighted by Gasteiger charge is -2.19. The molecule has 0 spiro atoms. The summed E-state index contributed by atoms with van der Waals surface area (Å²) < 4.78 is 0. The summed E-state index contributed by atoms with van der Waals surface area (Å²) in [5.74, 6) is -0.0648. The molecule has 69 heavy (non-hydrogen) atoms. The van der Waals surface area contributed by atoms with Crippen molar-refractivity contribution in [2.75, 3.05) is 60.9 Å². The van der Waals surface area contributed by atoms with Gasteiger partial charge in [-0.2, -0.15) is 10.2 Å². The second kappa shape index (κ2) is 23.3. The molecule has 0 saturated carbocycles. The lowest BCUT2D eigenvalue weighted by atomic mass is 10.1. The lowest BCUT2D eigenvalue weighted by Crippen LogP contribution is -2.38. The molecule has 19 heteroatoms. The molecule has 4 heterocycles. The number of hydrogen-bond donors (Lipinski definition) is 6. The van der Waals surface area contributed by atoms with Crippen LogP contribution in [0.4, 0.5) is 23.0 Å². The third-order valence-corrected chi connectivity index (χ3v) is 13.7. The van der Waals surface area contributed by atoms with Crippen molar-refractivity contribution in [3.63, 3.8) is 0 Å². The van der Waals surface area contributed by atoms with Gasteiger partial charge in [0, 0.05) is 43.3 Å². The number of fused-ring (bicyclic) bond motifs is 2. The van der Waals surface area contributed by atoms with Gasteiger partial charge in [0.1, 0.15) is 21.3 Å². The van der Waals surface area contributed by atoms with Crippen LogP contribution in [-0.4, -0.2) is 94.1 Å². The number of nitrogens with one attached hydrogen (secondary N) is 6. The van der Waals surface area contributed by atoms with Gasteiger partial charge in [0.25, 0.3) is 23.6 Å². The van der Waals surface area contributed by atoms with Crippen LogP contribution in [0.1, 0.15) is 78.9 Å². The van der Waals surface area contributed by atoms with Crippen LogP contribution in [0.2, 0.25) is 5.02 Å². The molecule has 0 fully saturated rings. The van der Waals surface area contributed by atoms with Crippen LogP contribution in [0.3, 0.4) is 0 Å². The molecule has 0 aliphatic rings. The van der Waals surface area contributed by atoms with Crippen molar-refractivity contribution < 1.29 is 19.2 Å². The minimum absolute atomic E-state index is 0.235. The molecule has 4 aromatic heterocycles. The lowest BCUT2D eigenvalue weighted by molar-refractivity contribution is 0.0947. The van der Waals surface area contributed by atoms with Crippen LogP contribution in [0, 0.1) is 0 Å². The normalized spacial score (nSPS) is 11.1. The first kappa shape index (κ1) is 49.8. The number of hydrogen-bond acceptors (Lipinski definition) is 12. The van der Waals surface area contributed by atoms with E-state index in [0.29, 0.717) is 58.0 Å². The van der Waals surface area contributed by atoms with Crippen LogP contribution in [-0.2, 0) is 13.1 Å². The number of hydrazine groups is 2. The molecular weight excluding hydrogens is 932 g/mol. The number of aromatic nitrogens is 4. The molecule has 358 valence electrons. The minimum Gasteiger partial charge on any atom is -0.306 e. The average molecular weight is 988 g/mol. The fraction of sp³-hybridized carbons (Fsp3) is 0.240. The van der Waals surface area contributed by atoms with Gasteiger partial charge in [-0.15, -0.1) is 22.7 Å². The maximum Gasteiger partial charge on any atom is 0.279 e. The molecule has 0 aliphatic heterocycles. The zero-order valence-electron chi connectivity index (χ0n) is 39.2. The first-order chi connectivity index (χ1) is 33.3. The van der Waals surface area contributed by atoms with E-state index in [4.69, 9.17) is 11.6 Å². The second-order valence-electron chi connectivity index (χ2n) is 15.9. The third-order valence-electron chi connectivity index (χ3n) is 11.4. The van der Waals surface area contributed by atoms with Gasteiger partial charge >= 0.3 is 0 Å². The number of thiophene rings is 2. The molecule has 0 atom stereocenters. The number of nitrogens with zero attached hydrogens (tertiary/aromatic N) is 6. The molecule has 0 bridgehead atoms. The van der Waals surface area contributed by atoms with Crippen molar-refractivity contribution >= 4 is 101 Å². The number of aromatic amines is 2. The summed E-state index contributed by atoms with van der Waals surface area (Å²) in [6.07, 6.45) is 0. The highest BCUT2D eigenvalue weighted by Crippen LogP contribution is 2.31. The van der Waals surface area contributed by atoms with Crippen LogP contribution in [0.25, 0.3) is 20.4 Å². The first-order valence-electron chi connectivity index (χ1n) is 22.5. The molecule has 4 amide bonds. The van der Waals surface area contributed by atoms with Crippen LogP contribution < -0.4 is 31.5 Å². The second-order valence-corrected chi connectivity index (χ2v) is 18.4. The van der Waals surface area contributed by atoms with Crippen molar-refractivity contribution in [1.29, 1.82) is 0 Å². The Bertz CT molecular complexity index is 2980. The molecule has 0 aliphatic carbocycles. The summed E-state index contributed by atoms with van der Waals surface area (Å²) in [5, 5.41) is 25.2. The van der Waals surface area contributed by atoms with Gasteiger partial charge < -0.3 is 10.6 Å². The molecule has 0 unspecified atom stereocenters. The van der Waals surface area contributed by atoms with E-state index in [1.807, 2.05) is 91.0 Å². The van der Waals surface area contributed by atoms with E-state index in [-0.39, 0.29) is 23.6 Å². The van der Waals surface area contributed by atoms with Crippen molar-refractivity contribution in [3.8, 4) is 0 Å². The molecule has 6 N–H and O–H groups in total. The highest BCUT2D eigenvalue weighted by atomic mass is 35.5. The van der Waals surface area contributed by atoms with Crippen molar-refractivity contribution in [1.82, 2.24) is 41.0 Å². The molecule has 8 rings (SSSR count). The van der Waals surface area contributed by atoms with E-state index >= 15 is 0 Å². The Hall–Kier alpha value is -7.09. The van der Waals surface area contributed by atoms with E-state index < -0.39 is 0 Å². The van der Waals surface area contributed by atoms with E-state index in [1.165, 1.54) is 22.7 Å². The van der Waals surface area contributed by atoms with Gasteiger partial charge in [0.05, 0.1) is 31.9 Å². The Balaban J connectivity index is 0.000000204. The largest absolute Gasteiger partial charge is 0.306 e.